The smallest absolute Gasteiger partial charge is 0.160 e. The van der Waals surface area contributed by atoms with E-state index in [9.17, 15) is 0 Å². The highest BCUT2D eigenvalue weighted by atomic mass is 16.7. The van der Waals surface area contributed by atoms with Crippen LogP contribution in [0.1, 0.15) is 51.4 Å². The lowest BCUT2D eigenvalue weighted by Gasteiger charge is -2.47. The van der Waals surface area contributed by atoms with Crippen molar-refractivity contribution in [3.8, 4) is 0 Å². The molecule has 2 aliphatic carbocycles. The molecule has 2 saturated carbocycles. The Labute approximate surface area is 86.0 Å². The predicted octanol–water partition coefficient (Wildman–Crippen LogP) is 2.86. The second kappa shape index (κ2) is 3.49. The molecule has 3 rings (SSSR count). The Morgan fingerprint density at radius 1 is 1.07 bits per heavy atom. The van der Waals surface area contributed by atoms with E-state index < -0.39 is 0 Å². The van der Waals surface area contributed by atoms with Crippen LogP contribution in [0.15, 0.2) is 0 Å². The molecular formula is C12H20O2. The topological polar surface area (TPSA) is 18.5 Å². The van der Waals surface area contributed by atoms with Crippen molar-refractivity contribution in [3.05, 3.63) is 0 Å². The third kappa shape index (κ3) is 1.59. The molecule has 1 unspecified atom stereocenters. The maximum atomic E-state index is 6.16. The van der Waals surface area contributed by atoms with Gasteiger partial charge in [0.2, 0.25) is 0 Å². The molecule has 1 saturated heterocycles. The molecular weight excluding hydrogens is 176 g/mol. The van der Waals surface area contributed by atoms with Crippen LogP contribution in [-0.2, 0) is 9.47 Å². The van der Waals surface area contributed by atoms with Gasteiger partial charge in [0.1, 0.15) is 0 Å². The SMILES string of the molecule is C1CC2CCCC(OC3CCO3)(C1)C2. The fourth-order valence-electron chi connectivity index (χ4n) is 3.38. The summed E-state index contributed by atoms with van der Waals surface area (Å²) in [6, 6.07) is 0. The van der Waals surface area contributed by atoms with Crippen molar-refractivity contribution in [2.45, 2.75) is 63.3 Å². The van der Waals surface area contributed by atoms with Crippen molar-refractivity contribution in [3.63, 3.8) is 0 Å². The summed E-state index contributed by atoms with van der Waals surface area (Å²) in [5.41, 5.74) is 0.228. The molecule has 0 amide bonds. The first-order valence-corrected chi connectivity index (χ1v) is 6.16. The van der Waals surface area contributed by atoms with Crippen LogP contribution in [0.25, 0.3) is 0 Å². The van der Waals surface area contributed by atoms with Crippen molar-refractivity contribution >= 4 is 0 Å². The van der Waals surface area contributed by atoms with E-state index >= 15 is 0 Å². The van der Waals surface area contributed by atoms with Crippen molar-refractivity contribution in [1.82, 2.24) is 0 Å². The Morgan fingerprint density at radius 2 is 1.79 bits per heavy atom. The van der Waals surface area contributed by atoms with Crippen LogP contribution in [0.5, 0.6) is 0 Å². The van der Waals surface area contributed by atoms with Gasteiger partial charge in [0.05, 0.1) is 12.2 Å². The second-order valence-corrected chi connectivity index (χ2v) is 5.24. The van der Waals surface area contributed by atoms with E-state index in [1.165, 1.54) is 44.9 Å². The summed E-state index contributed by atoms with van der Waals surface area (Å²) in [6.07, 6.45) is 10.8. The van der Waals surface area contributed by atoms with E-state index in [1.807, 2.05) is 0 Å². The van der Waals surface area contributed by atoms with Gasteiger partial charge in [-0.05, 0) is 25.2 Å². The first kappa shape index (κ1) is 9.17. The summed E-state index contributed by atoms with van der Waals surface area (Å²) in [4.78, 5) is 0. The molecule has 2 nitrogen and oxygen atoms in total. The third-order valence-electron chi connectivity index (χ3n) is 4.19. The summed E-state index contributed by atoms with van der Waals surface area (Å²) >= 11 is 0. The molecule has 1 heterocycles. The van der Waals surface area contributed by atoms with Gasteiger partial charge < -0.3 is 9.47 Å². The fourth-order valence-corrected chi connectivity index (χ4v) is 3.38. The number of ether oxygens (including phenoxy) is 2. The molecule has 3 fully saturated rings. The Morgan fingerprint density at radius 3 is 2.36 bits per heavy atom. The minimum atomic E-state index is 0.145. The van der Waals surface area contributed by atoms with Crippen LogP contribution in [-0.4, -0.2) is 18.5 Å². The van der Waals surface area contributed by atoms with E-state index in [0.29, 0.717) is 0 Å². The maximum Gasteiger partial charge on any atom is 0.160 e. The summed E-state index contributed by atoms with van der Waals surface area (Å²) < 4.78 is 11.6. The van der Waals surface area contributed by atoms with Crippen molar-refractivity contribution in [2.24, 2.45) is 5.92 Å². The van der Waals surface area contributed by atoms with Crippen LogP contribution in [0.4, 0.5) is 0 Å². The maximum absolute atomic E-state index is 6.16. The van der Waals surface area contributed by atoms with E-state index in [1.54, 1.807) is 0 Å². The van der Waals surface area contributed by atoms with Gasteiger partial charge in [-0.15, -0.1) is 0 Å². The van der Waals surface area contributed by atoms with Gasteiger partial charge in [-0.3, -0.25) is 0 Å². The van der Waals surface area contributed by atoms with Crippen LogP contribution in [0, 0.1) is 5.92 Å². The number of fused-ring (bicyclic) bond motifs is 2. The number of hydrogen-bond donors (Lipinski definition) is 0. The minimum Gasteiger partial charge on any atom is -0.352 e. The molecule has 2 bridgehead atoms. The minimum absolute atomic E-state index is 0.145. The van der Waals surface area contributed by atoms with Gasteiger partial charge in [-0.25, -0.2) is 0 Å². The number of hydrogen-bond acceptors (Lipinski definition) is 2. The fraction of sp³-hybridized carbons (Fsp3) is 1.00. The standard InChI is InChI=1S/C12H20O2/c1-3-10-4-2-7-12(6-1,9-10)14-11-5-8-13-11/h10-11H,1-9H2. The Kier molecular flexibility index (Phi) is 2.29. The van der Waals surface area contributed by atoms with Crippen LogP contribution >= 0.6 is 0 Å². The zero-order valence-corrected chi connectivity index (χ0v) is 8.84. The molecule has 0 aromatic carbocycles. The zero-order chi connectivity index (χ0) is 9.43. The Balaban J connectivity index is 1.66. The average molecular weight is 196 g/mol. The van der Waals surface area contributed by atoms with Crippen LogP contribution in [0.2, 0.25) is 0 Å². The first-order chi connectivity index (χ1) is 6.86. The van der Waals surface area contributed by atoms with Gasteiger partial charge in [0.15, 0.2) is 6.29 Å². The molecule has 80 valence electrons. The van der Waals surface area contributed by atoms with Crippen molar-refractivity contribution in [1.29, 1.82) is 0 Å². The highest BCUT2D eigenvalue weighted by molar-refractivity contribution is 4.92. The predicted molar refractivity (Wildman–Crippen MR) is 54.0 cm³/mol. The molecule has 2 heteroatoms. The van der Waals surface area contributed by atoms with Gasteiger partial charge in [-0.1, -0.05) is 25.7 Å². The quantitative estimate of drug-likeness (QED) is 0.676. The monoisotopic (exact) mass is 196 g/mol. The summed E-state index contributed by atoms with van der Waals surface area (Å²) in [5.74, 6) is 0.956. The Hall–Kier alpha value is -0.0800. The molecule has 1 aliphatic heterocycles. The van der Waals surface area contributed by atoms with E-state index in [2.05, 4.69) is 0 Å². The second-order valence-electron chi connectivity index (χ2n) is 5.24. The van der Waals surface area contributed by atoms with Gasteiger partial charge in [0, 0.05) is 6.42 Å². The average Bonchev–Trinajstić information content (AvgIpc) is 2.12. The third-order valence-corrected chi connectivity index (χ3v) is 4.19. The molecule has 0 aromatic heterocycles. The Bertz CT molecular complexity index is 200. The van der Waals surface area contributed by atoms with Crippen molar-refractivity contribution < 1.29 is 9.47 Å². The van der Waals surface area contributed by atoms with E-state index in [0.717, 1.165) is 18.9 Å². The highest BCUT2D eigenvalue weighted by Gasteiger charge is 2.42. The van der Waals surface area contributed by atoms with Crippen LogP contribution in [0.3, 0.4) is 0 Å². The van der Waals surface area contributed by atoms with Gasteiger partial charge in [-0.2, -0.15) is 0 Å². The van der Waals surface area contributed by atoms with E-state index in [-0.39, 0.29) is 11.9 Å². The molecule has 3 aliphatic rings. The lowest BCUT2D eigenvalue weighted by molar-refractivity contribution is -0.280. The van der Waals surface area contributed by atoms with Gasteiger partial charge in [0.25, 0.3) is 0 Å². The first-order valence-electron chi connectivity index (χ1n) is 6.16. The van der Waals surface area contributed by atoms with Crippen molar-refractivity contribution in [2.75, 3.05) is 6.61 Å². The molecule has 1 atom stereocenters. The lowest BCUT2D eigenvalue weighted by atomic mass is 9.69. The highest BCUT2D eigenvalue weighted by Crippen LogP contribution is 2.46. The van der Waals surface area contributed by atoms with Gasteiger partial charge >= 0.3 is 0 Å². The largest absolute Gasteiger partial charge is 0.352 e. The van der Waals surface area contributed by atoms with Crippen LogP contribution < -0.4 is 0 Å². The summed E-state index contributed by atoms with van der Waals surface area (Å²) in [5, 5.41) is 0. The zero-order valence-electron chi connectivity index (χ0n) is 8.84. The van der Waals surface area contributed by atoms with E-state index in [4.69, 9.17) is 9.47 Å². The lowest BCUT2D eigenvalue weighted by Crippen LogP contribution is -2.47. The summed E-state index contributed by atoms with van der Waals surface area (Å²) in [6.45, 7) is 0.907. The summed E-state index contributed by atoms with van der Waals surface area (Å²) in [7, 11) is 0. The molecule has 0 radical (unpaired) electrons. The molecule has 14 heavy (non-hydrogen) atoms. The molecule has 0 N–H and O–H groups in total. The molecule has 0 spiro atoms. The normalized spacial score (nSPS) is 47.1. The number of rotatable bonds is 2. The molecule has 0 aromatic rings.